The number of likely N-dealkylation sites (N-methyl/N-ethyl adjacent to an activating group) is 1. The van der Waals surface area contributed by atoms with Gasteiger partial charge in [-0.15, -0.1) is 0 Å². The van der Waals surface area contributed by atoms with Gasteiger partial charge in [0, 0.05) is 24.5 Å². The molecule has 0 aromatic carbocycles. The SMILES string of the molecule is CCN(C(=O)CN1CCCCC1C1CCCC1O)C1CC1. The number of aliphatic hydroxyl groups is 1. The summed E-state index contributed by atoms with van der Waals surface area (Å²) in [6.07, 6.45) is 9.06. The fourth-order valence-electron chi connectivity index (χ4n) is 4.40. The van der Waals surface area contributed by atoms with Crippen LogP contribution in [0.2, 0.25) is 0 Å². The number of likely N-dealkylation sites (tertiary alicyclic amines) is 1. The Labute approximate surface area is 128 Å². The Hall–Kier alpha value is -0.610. The first-order valence-electron chi connectivity index (χ1n) is 8.92. The molecule has 1 amide bonds. The van der Waals surface area contributed by atoms with Gasteiger partial charge in [-0.05, 0) is 52.0 Å². The van der Waals surface area contributed by atoms with Gasteiger partial charge in [-0.3, -0.25) is 9.69 Å². The molecule has 2 aliphatic carbocycles. The summed E-state index contributed by atoms with van der Waals surface area (Å²) in [6.45, 7) is 4.53. The number of carbonyl (C=O) groups is 1. The second-order valence-corrected chi connectivity index (χ2v) is 7.11. The second-order valence-electron chi connectivity index (χ2n) is 7.11. The van der Waals surface area contributed by atoms with Gasteiger partial charge in [-0.2, -0.15) is 0 Å². The third-order valence-electron chi connectivity index (χ3n) is 5.68. The van der Waals surface area contributed by atoms with Crippen LogP contribution in [0.3, 0.4) is 0 Å². The Kier molecular flexibility index (Phi) is 4.85. The van der Waals surface area contributed by atoms with E-state index in [-0.39, 0.29) is 6.10 Å². The van der Waals surface area contributed by atoms with Crippen LogP contribution in [0, 0.1) is 5.92 Å². The van der Waals surface area contributed by atoms with Gasteiger partial charge in [0.2, 0.25) is 5.91 Å². The van der Waals surface area contributed by atoms with Crippen LogP contribution in [0.15, 0.2) is 0 Å². The third kappa shape index (κ3) is 3.42. The molecule has 3 rings (SSSR count). The first-order chi connectivity index (χ1) is 10.2. The lowest BCUT2D eigenvalue weighted by Gasteiger charge is -2.40. The molecule has 0 spiro atoms. The summed E-state index contributed by atoms with van der Waals surface area (Å²) in [4.78, 5) is 17.0. The smallest absolute Gasteiger partial charge is 0.236 e. The molecule has 3 aliphatic rings. The highest BCUT2D eigenvalue weighted by atomic mass is 16.3. The van der Waals surface area contributed by atoms with Crippen molar-refractivity contribution in [1.29, 1.82) is 0 Å². The molecule has 0 bridgehead atoms. The molecule has 3 atom stereocenters. The highest BCUT2D eigenvalue weighted by Crippen LogP contribution is 2.35. The fraction of sp³-hybridized carbons (Fsp3) is 0.941. The Bertz CT molecular complexity index is 370. The van der Waals surface area contributed by atoms with Crippen molar-refractivity contribution in [3.63, 3.8) is 0 Å². The maximum absolute atomic E-state index is 12.6. The highest BCUT2D eigenvalue weighted by molar-refractivity contribution is 5.79. The monoisotopic (exact) mass is 294 g/mol. The molecular formula is C17H30N2O2. The molecule has 21 heavy (non-hydrogen) atoms. The average molecular weight is 294 g/mol. The minimum Gasteiger partial charge on any atom is -0.393 e. The lowest BCUT2D eigenvalue weighted by Crippen LogP contribution is -2.51. The van der Waals surface area contributed by atoms with Gasteiger partial charge in [-0.1, -0.05) is 12.8 Å². The fourth-order valence-corrected chi connectivity index (χ4v) is 4.40. The first-order valence-corrected chi connectivity index (χ1v) is 8.92. The van der Waals surface area contributed by atoms with Crippen molar-refractivity contribution in [3.05, 3.63) is 0 Å². The number of amides is 1. The molecule has 0 radical (unpaired) electrons. The number of rotatable bonds is 5. The summed E-state index contributed by atoms with van der Waals surface area (Å²) in [5.74, 6) is 0.702. The second kappa shape index (κ2) is 6.66. The molecule has 3 fully saturated rings. The van der Waals surface area contributed by atoms with E-state index in [2.05, 4.69) is 16.7 Å². The van der Waals surface area contributed by atoms with Gasteiger partial charge in [0.15, 0.2) is 0 Å². The van der Waals surface area contributed by atoms with E-state index in [4.69, 9.17) is 0 Å². The van der Waals surface area contributed by atoms with Crippen LogP contribution >= 0.6 is 0 Å². The summed E-state index contributed by atoms with van der Waals surface area (Å²) in [5.41, 5.74) is 0. The van der Waals surface area contributed by atoms with Gasteiger partial charge in [0.1, 0.15) is 0 Å². The number of hydrogen-bond donors (Lipinski definition) is 1. The van der Waals surface area contributed by atoms with E-state index < -0.39 is 0 Å². The summed E-state index contributed by atoms with van der Waals surface area (Å²) in [7, 11) is 0. The molecule has 1 N–H and O–H groups in total. The summed E-state index contributed by atoms with van der Waals surface area (Å²) >= 11 is 0. The van der Waals surface area contributed by atoms with Crippen LogP contribution in [0.4, 0.5) is 0 Å². The zero-order valence-corrected chi connectivity index (χ0v) is 13.3. The van der Waals surface area contributed by atoms with E-state index in [0.29, 0.717) is 30.5 Å². The van der Waals surface area contributed by atoms with Crippen molar-refractivity contribution in [2.45, 2.75) is 76.5 Å². The van der Waals surface area contributed by atoms with E-state index in [1.807, 2.05) is 0 Å². The van der Waals surface area contributed by atoms with E-state index >= 15 is 0 Å². The largest absolute Gasteiger partial charge is 0.393 e. The summed E-state index contributed by atoms with van der Waals surface area (Å²) < 4.78 is 0. The lowest BCUT2D eigenvalue weighted by molar-refractivity contribution is -0.134. The van der Waals surface area contributed by atoms with Gasteiger partial charge >= 0.3 is 0 Å². The van der Waals surface area contributed by atoms with Crippen LogP contribution < -0.4 is 0 Å². The number of nitrogens with zero attached hydrogens (tertiary/aromatic N) is 2. The normalized spacial score (nSPS) is 34.1. The van der Waals surface area contributed by atoms with Crippen LogP contribution in [0.5, 0.6) is 0 Å². The minimum atomic E-state index is -0.142. The molecule has 2 saturated carbocycles. The molecule has 1 heterocycles. The van der Waals surface area contributed by atoms with Crippen molar-refractivity contribution >= 4 is 5.91 Å². The zero-order chi connectivity index (χ0) is 14.8. The average Bonchev–Trinajstić information content (AvgIpc) is 3.22. The Morgan fingerprint density at radius 3 is 2.57 bits per heavy atom. The van der Waals surface area contributed by atoms with Crippen molar-refractivity contribution in [3.8, 4) is 0 Å². The van der Waals surface area contributed by atoms with E-state index in [1.165, 1.54) is 25.7 Å². The van der Waals surface area contributed by atoms with Crippen LogP contribution in [0.1, 0.15) is 58.3 Å². The molecule has 3 unspecified atom stereocenters. The molecule has 0 aromatic heterocycles. The number of piperidine rings is 1. The molecule has 1 aliphatic heterocycles. The maximum Gasteiger partial charge on any atom is 0.236 e. The zero-order valence-electron chi connectivity index (χ0n) is 13.3. The molecule has 1 saturated heterocycles. The molecule has 4 heteroatoms. The van der Waals surface area contributed by atoms with Gasteiger partial charge < -0.3 is 10.0 Å². The number of hydrogen-bond acceptors (Lipinski definition) is 3. The van der Waals surface area contributed by atoms with Crippen LogP contribution in [-0.4, -0.2) is 58.6 Å². The van der Waals surface area contributed by atoms with Crippen molar-refractivity contribution in [2.24, 2.45) is 5.92 Å². The van der Waals surface area contributed by atoms with Crippen LogP contribution in [0.25, 0.3) is 0 Å². The Balaban J connectivity index is 1.62. The minimum absolute atomic E-state index is 0.142. The van der Waals surface area contributed by atoms with E-state index in [9.17, 15) is 9.90 Å². The van der Waals surface area contributed by atoms with Gasteiger partial charge in [0.25, 0.3) is 0 Å². The van der Waals surface area contributed by atoms with Crippen molar-refractivity contribution in [2.75, 3.05) is 19.6 Å². The molecule has 120 valence electrons. The highest BCUT2D eigenvalue weighted by Gasteiger charge is 2.39. The standard InChI is InChI=1S/C17H30N2O2/c1-2-19(13-9-10-13)17(21)12-18-11-4-3-7-15(18)14-6-5-8-16(14)20/h13-16,20H,2-12H2,1H3. The lowest BCUT2D eigenvalue weighted by atomic mass is 9.87. The van der Waals surface area contributed by atoms with E-state index in [0.717, 1.165) is 38.8 Å². The predicted octanol–water partition coefficient (Wildman–Crippen LogP) is 2.01. The third-order valence-corrected chi connectivity index (χ3v) is 5.68. The van der Waals surface area contributed by atoms with Crippen molar-refractivity contribution in [1.82, 2.24) is 9.80 Å². The quantitative estimate of drug-likeness (QED) is 0.843. The summed E-state index contributed by atoms with van der Waals surface area (Å²) in [6, 6.07) is 0.945. The first kappa shape index (κ1) is 15.3. The molecular weight excluding hydrogens is 264 g/mol. The number of carbonyl (C=O) groups excluding carboxylic acids is 1. The molecule has 4 nitrogen and oxygen atoms in total. The Morgan fingerprint density at radius 1 is 1.14 bits per heavy atom. The molecule has 0 aromatic rings. The Morgan fingerprint density at radius 2 is 1.95 bits per heavy atom. The van der Waals surface area contributed by atoms with E-state index in [1.54, 1.807) is 0 Å². The summed E-state index contributed by atoms with van der Waals surface area (Å²) in [5, 5.41) is 10.2. The van der Waals surface area contributed by atoms with Crippen molar-refractivity contribution < 1.29 is 9.90 Å². The van der Waals surface area contributed by atoms with Crippen LogP contribution in [-0.2, 0) is 4.79 Å². The van der Waals surface area contributed by atoms with Gasteiger partial charge in [0.05, 0.1) is 12.6 Å². The predicted molar refractivity (Wildman–Crippen MR) is 83.0 cm³/mol. The van der Waals surface area contributed by atoms with Gasteiger partial charge in [-0.25, -0.2) is 0 Å². The number of aliphatic hydroxyl groups excluding tert-OH is 1. The maximum atomic E-state index is 12.6. The topological polar surface area (TPSA) is 43.8 Å².